The minimum absolute atomic E-state index is 0.156. The van der Waals surface area contributed by atoms with Crippen molar-refractivity contribution in [2.45, 2.75) is 36.7 Å². The maximum atomic E-state index is 13.3. The first-order chi connectivity index (χ1) is 10.3. The van der Waals surface area contributed by atoms with E-state index in [0.717, 1.165) is 29.3 Å². The second-order valence-corrected chi connectivity index (χ2v) is 7.57. The Morgan fingerprint density at radius 3 is 2.45 bits per heavy atom. The zero-order valence-electron chi connectivity index (χ0n) is 12.0. The molecule has 0 N–H and O–H groups in total. The number of benzene rings is 1. The minimum atomic E-state index is -4.12. The second-order valence-electron chi connectivity index (χ2n) is 5.68. The fraction of sp³-hybridized carbons (Fsp3) is 0.500. The molecule has 3 rings (SSSR count). The Balaban J connectivity index is 1.99. The molecule has 2 saturated heterocycles. The predicted octanol–water partition coefficient (Wildman–Crippen LogP) is 1.35. The number of nitrogens with zero attached hydrogens (tertiary/aromatic N) is 2. The summed E-state index contributed by atoms with van der Waals surface area (Å²) in [7, 11) is -4.12. The highest BCUT2D eigenvalue weighted by atomic mass is 32.2. The Kier molecular flexibility index (Phi) is 3.68. The lowest BCUT2D eigenvalue weighted by Crippen LogP contribution is -2.59. The van der Waals surface area contributed by atoms with Gasteiger partial charge < -0.3 is 4.90 Å². The number of rotatable bonds is 2. The molecule has 0 bridgehead atoms. The van der Waals surface area contributed by atoms with Gasteiger partial charge in [0.1, 0.15) is 17.7 Å². The average Bonchev–Trinajstić information content (AvgIpc) is 2.90. The average molecular weight is 330 g/mol. The number of sulfonamides is 1. The van der Waals surface area contributed by atoms with Gasteiger partial charge in [-0.2, -0.15) is 4.31 Å². The van der Waals surface area contributed by atoms with Crippen molar-refractivity contribution in [2.24, 2.45) is 0 Å². The third-order valence-corrected chi connectivity index (χ3v) is 6.20. The van der Waals surface area contributed by atoms with E-state index in [2.05, 4.69) is 0 Å². The molecule has 2 heterocycles. The number of carbonyl (C=O) groups excluding carboxylic acids is 1. The van der Waals surface area contributed by atoms with Gasteiger partial charge in [0, 0.05) is 25.2 Å². The van der Waals surface area contributed by atoms with Gasteiger partial charge in [-0.15, -0.1) is 0 Å². The fourth-order valence-corrected chi connectivity index (χ4v) is 4.83. The number of piperazine rings is 1. The van der Waals surface area contributed by atoms with Crippen LogP contribution in [0.2, 0.25) is 0 Å². The van der Waals surface area contributed by atoms with Gasteiger partial charge in [-0.3, -0.25) is 4.79 Å². The van der Waals surface area contributed by atoms with Crippen LogP contribution in [0.15, 0.2) is 23.1 Å². The first-order valence-electron chi connectivity index (χ1n) is 7.09. The molecule has 120 valence electrons. The van der Waals surface area contributed by atoms with Crippen molar-refractivity contribution in [3.63, 3.8) is 0 Å². The molecule has 0 aliphatic carbocycles. The van der Waals surface area contributed by atoms with Gasteiger partial charge in [0.2, 0.25) is 15.9 Å². The highest BCUT2D eigenvalue weighted by molar-refractivity contribution is 7.89. The van der Waals surface area contributed by atoms with Gasteiger partial charge in [0.15, 0.2) is 0 Å². The van der Waals surface area contributed by atoms with Crippen molar-refractivity contribution in [1.82, 2.24) is 9.21 Å². The van der Waals surface area contributed by atoms with Gasteiger partial charge in [-0.1, -0.05) is 0 Å². The summed E-state index contributed by atoms with van der Waals surface area (Å²) in [5.74, 6) is -2.18. The molecule has 0 aromatic heterocycles. The van der Waals surface area contributed by atoms with Crippen LogP contribution in [0.4, 0.5) is 8.78 Å². The monoisotopic (exact) mass is 330 g/mol. The number of amides is 1. The van der Waals surface area contributed by atoms with E-state index >= 15 is 0 Å². The van der Waals surface area contributed by atoms with Crippen molar-refractivity contribution in [1.29, 1.82) is 0 Å². The molecule has 0 saturated carbocycles. The summed E-state index contributed by atoms with van der Waals surface area (Å²) in [6.07, 6.45) is 1.58. The lowest BCUT2D eigenvalue weighted by atomic mass is 10.1. The summed E-state index contributed by atoms with van der Waals surface area (Å²) in [5, 5.41) is 0. The minimum Gasteiger partial charge on any atom is -0.337 e. The van der Waals surface area contributed by atoms with E-state index in [4.69, 9.17) is 0 Å². The van der Waals surface area contributed by atoms with E-state index in [-0.39, 0.29) is 18.5 Å². The predicted molar refractivity (Wildman–Crippen MR) is 74.4 cm³/mol. The molecule has 2 aliphatic heterocycles. The lowest BCUT2D eigenvalue weighted by molar-refractivity contribution is -0.139. The largest absolute Gasteiger partial charge is 0.337 e. The Morgan fingerprint density at radius 1 is 1.18 bits per heavy atom. The van der Waals surface area contributed by atoms with Crippen LogP contribution in [0.3, 0.4) is 0 Å². The van der Waals surface area contributed by atoms with Crippen LogP contribution in [-0.2, 0) is 14.8 Å². The summed E-state index contributed by atoms with van der Waals surface area (Å²) in [6.45, 7) is 2.30. The van der Waals surface area contributed by atoms with Gasteiger partial charge >= 0.3 is 0 Å². The molecule has 8 heteroatoms. The van der Waals surface area contributed by atoms with Crippen molar-refractivity contribution >= 4 is 15.9 Å². The van der Waals surface area contributed by atoms with Crippen LogP contribution in [0, 0.1) is 11.6 Å². The molecule has 0 spiro atoms. The molecule has 2 aliphatic rings. The number of fused-ring (bicyclic) bond motifs is 1. The summed E-state index contributed by atoms with van der Waals surface area (Å²) in [5.41, 5.74) is 0. The van der Waals surface area contributed by atoms with Crippen LogP contribution in [0.25, 0.3) is 0 Å². The molecule has 2 atom stereocenters. The van der Waals surface area contributed by atoms with E-state index < -0.39 is 32.6 Å². The molecule has 1 aromatic rings. The van der Waals surface area contributed by atoms with Crippen LogP contribution < -0.4 is 0 Å². The smallest absolute Gasteiger partial charge is 0.244 e. The maximum Gasteiger partial charge on any atom is 0.244 e. The topological polar surface area (TPSA) is 57.7 Å². The molecule has 0 radical (unpaired) electrons. The van der Waals surface area contributed by atoms with Gasteiger partial charge in [0.05, 0.1) is 4.90 Å². The number of carbonyl (C=O) groups is 1. The summed E-state index contributed by atoms with van der Waals surface area (Å²) in [6, 6.07) is 1.14. The normalized spacial score (nSPS) is 26.3. The van der Waals surface area contributed by atoms with E-state index in [1.165, 1.54) is 6.92 Å². The first-order valence-corrected chi connectivity index (χ1v) is 8.53. The van der Waals surface area contributed by atoms with Crippen LogP contribution >= 0.6 is 0 Å². The standard InChI is InChI=1S/C14H16F2N2O3S/c1-9-14(19)17-4-2-3-12(17)8-18(9)22(20,21)13-6-10(15)5-11(16)7-13/h5-7,9,12H,2-4,8H2,1H3/t9-,12+/m1/s1. The zero-order valence-corrected chi connectivity index (χ0v) is 12.8. The summed E-state index contributed by atoms with van der Waals surface area (Å²) in [4.78, 5) is 13.5. The molecule has 1 aromatic carbocycles. The molecule has 2 fully saturated rings. The Hall–Kier alpha value is -1.54. The van der Waals surface area contributed by atoms with E-state index in [9.17, 15) is 22.0 Å². The lowest BCUT2D eigenvalue weighted by Gasteiger charge is -2.40. The number of hydrogen-bond acceptors (Lipinski definition) is 3. The third kappa shape index (κ3) is 2.40. The number of hydrogen-bond donors (Lipinski definition) is 0. The third-order valence-electron chi connectivity index (χ3n) is 4.28. The van der Waals surface area contributed by atoms with Crippen LogP contribution in [-0.4, -0.2) is 48.7 Å². The van der Waals surface area contributed by atoms with E-state index in [1.54, 1.807) is 4.90 Å². The fourth-order valence-electron chi connectivity index (χ4n) is 3.16. The van der Waals surface area contributed by atoms with Gasteiger partial charge in [-0.05, 0) is 31.9 Å². The van der Waals surface area contributed by atoms with Crippen molar-refractivity contribution < 1.29 is 22.0 Å². The van der Waals surface area contributed by atoms with Crippen LogP contribution in [0.1, 0.15) is 19.8 Å². The Morgan fingerprint density at radius 2 is 1.82 bits per heavy atom. The summed E-state index contributed by atoms with van der Waals surface area (Å²) < 4.78 is 53.0. The number of halogens is 2. The Bertz CT molecular complexity index is 703. The van der Waals surface area contributed by atoms with E-state index in [0.29, 0.717) is 12.6 Å². The zero-order chi connectivity index (χ0) is 16.1. The second kappa shape index (κ2) is 5.27. The van der Waals surface area contributed by atoms with Crippen LogP contribution in [0.5, 0.6) is 0 Å². The highest BCUT2D eigenvalue weighted by Gasteiger charge is 2.45. The summed E-state index contributed by atoms with van der Waals surface area (Å²) >= 11 is 0. The molecule has 5 nitrogen and oxygen atoms in total. The first kappa shape index (κ1) is 15.4. The van der Waals surface area contributed by atoms with Gasteiger partial charge in [0.25, 0.3) is 0 Å². The maximum absolute atomic E-state index is 13.3. The Labute approximate surface area is 127 Å². The molecule has 0 unspecified atom stereocenters. The molecular formula is C14H16F2N2O3S. The van der Waals surface area contributed by atoms with Crippen molar-refractivity contribution in [3.05, 3.63) is 29.8 Å². The van der Waals surface area contributed by atoms with Crippen molar-refractivity contribution in [2.75, 3.05) is 13.1 Å². The molecule has 22 heavy (non-hydrogen) atoms. The van der Waals surface area contributed by atoms with Gasteiger partial charge in [-0.25, -0.2) is 17.2 Å². The highest BCUT2D eigenvalue weighted by Crippen LogP contribution is 2.30. The molecule has 1 amide bonds. The quantitative estimate of drug-likeness (QED) is 0.822. The molecular weight excluding hydrogens is 314 g/mol. The SMILES string of the molecule is C[C@@H]1C(=O)N2CCC[C@H]2CN1S(=O)(=O)c1cc(F)cc(F)c1. The van der Waals surface area contributed by atoms with Crippen molar-refractivity contribution in [3.8, 4) is 0 Å². The van der Waals surface area contributed by atoms with E-state index in [1.807, 2.05) is 0 Å².